The molecule has 3 N–H and O–H groups in total. The number of piperidine rings is 1. The van der Waals surface area contributed by atoms with Crippen LogP contribution in [0.1, 0.15) is 47.0 Å². The molecule has 0 bridgehead atoms. The third-order valence-electron chi connectivity index (χ3n) is 4.68. The Kier molecular flexibility index (Phi) is 14.1. The fourth-order valence-corrected chi connectivity index (χ4v) is 3.00. The molecule has 0 saturated carbocycles. The van der Waals surface area contributed by atoms with Gasteiger partial charge in [0.05, 0.1) is 12.0 Å². The molecule has 7 nitrogen and oxygen atoms in total. The van der Waals surface area contributed by atoms with Gasteiger partial charge in [0.1, 0.15) is 0 Å². The molecule has 1 amide bonds. The number of amides is 1. The lowest BCUT2D eigenvalue weighted by Crippen LogP contribution is -2.49. The molecule has 1 fully saturated rings. The average Bonchev–Trinajstić information content (AvgIpc) is 2.62. The highest BCUT2D eigenvalue weighted by Gasteiger charge is 2.27. The Bertz CT molecular complexity index is 438. The minimum Gasteiger partial charge on any atom is -0.385 e. The molecule has 0 aliphatic carbocycles. The molecule has 27 heavy (non-hydrogen) atoms. The third-order valence-corrected chi connectivity index (χ3v) is 4.68. The number of carbonyl (C=O) groups is 1. The summed E-state index contributed by atoms with van der Waals surface area (Å²) in [5.74, 6) is 0.853. The van der Waals surface area contributed by atoms with Gasteiger partial charge in [-0.05, 0) is 47.0 Å². The second-order valence-electron chi connectivity index (χ2n) is 7.55. The van der Waals surface area contributed by atoms with E-state index in [0.29, 0.717) is 19.1 Å². The van der Waals surface area contributed by atoms with Gasteiger partial charge in [-0.15, -0.1) is 24.0 Å². The van der Waals surface area contributed by atoms with Gasteiger partial charge < -0.3 is 25.6 Å². The van der Waals surface area contributed by atoms with Crippen LogP contribution < -0.4 is 16.0 Å². The smallest absolute Gasteiger partial charge is 0.227 e. The molecule has 0 unspecified atom stereocenters. The number of likely N-dealkylation sites (tertiary alicyclic amines) is 1. The maximum absolute atomic E-state index is 12.1. The van der Waals surface area contributed by atoms with Gasteiger partial charge >= 0.3 is 0 Å². The summed E-state index contributed by atoms with van der Waals surface area (Å²) >= 11 is 0. The topological polar surface area (TPSA) is 78.0 Å². The second-order valence-corrected chi connectivity index (χ2v) is 7.55. The first kappa shape index (κ1) is 26.4. The van der Waals surface area contributed by atoms with Gasteiger partial charge in [0.15, 0.2) is 5.96 Å². The van der Waals surface area contributed by atoms with E-state index in [9.17, 15) is 4.79 Å². The monoisotopic (exact) mass is 497 g/mol. The number of aliphatic imine (C=N–C) groups is 1. The summed E-state index contributed by atoms with van der Waals surface area (Å²) in [7, 11) is 1.75. The van der Waals surface area contributed by atoms with Crippen LogP contribution in [0.2, 0.25) is 0 Å². The van der Waals surface area contributed by atoms with Crippen molar-refractivity contribution in [1.29, 1.82) is 0 Å². The van der Waals surface area contributed by atoms with Crippen molar-refractivity contribution < 1.29 is 9.53 Å². The zero-order chi connectivity index (χ0) is 19.4. The molecule has 1 aliphatic rings. The number of rotatable bonds is 10. The Hall–Kier alpha value is -0.610. The van der Waals surface area contributed by atoms with Crippen LogP contribution in [0.5, 0.6) is 0 Å². The van der Waals surface area contributed by atoms with Crippen molar-refractivity contribution in [3.63, 3.8) is 0 Å². The Balaban J connectivity index is 0.00000676. The van der Waals surface area contributed by atoms with Gasteiger partial charge in [0, 0.05) is 52.5 Å². The Labute approximate surface area is 182 Å². The van der Waals surface area contributed by atoms with Crippen LogP contribution in [-0.2, 0) is 9.53 Å². The fraction of sp³-hybridized carbons (Fsp3) is 0.895. The summed E-state index contributed by atoms with van der Waals surface area (Å²) in [4.78, 5) is 19.3. The van der Waals surface area contributed by atoms with Crippen molar-refractivity contribution >= 4 is 35.8 Å². The van der Waals surface area contributed by atoms with Crippen LogP contribution in [0, 0.1) is 5.41 Å². The van der Waals surface area contributed by atoms with E-state index in [4.69, 9.17) is 4.74 Å². The number of halogens is 1. The molecule has 8 heteroatoms. The highest BCUT2D eigenvalue weighted by molar-refractivity contribution is 14.0. The van der Waals surface area contributed by atoms with E-state index < -0.39 is 5.41 Å². The van der Waals surface area contributed by atoms with E-state index in [0.717, 1.165) is 58.0 Å². The van der Waals surface area contributed by atoms with Crippen molar-refractivity contribution in [3.05, 3.63) is 0 Å². The highest BCUT2D eigenvalue weighted by atomic mass is 127. The molecule has 1 aliphatic heterocycles. The predicted molar refractivity (Wildman–Crippen MR) is 123 cm³/mol. The van der Waals surface area contributed by atoms with Crippen molar-refractivity contribution in [2.75, 3.05) is 53.0 Å². The van der Waals surface area contributed by atoms with Gasteiger partial charge in [-0.2, -0.15) is 0 Å². The number of nitrogens with zero attached hydrogens (tertiary/aromatic N) is 2. The van der Waals surface area contributed by atoms with Crippen LogP contribution in [0.3, 0.4) is 0 Å². The maximum atomic E-state index is 12.1. The minimum atomic E-state index is -0.511. The van der Waals surface area contributed by atoms with E-state index in [1.54, 1.807) is 7.11 Å². The van der Waals surface area contributed by atoms with Crippen LogP contribution in [0.15, 0.2) is 4.99 Å². The quantitative estimate of drug-likeness (QED) is 0.186. The van der Waals surface area contributed by atoms with Gasteiger partial charge in [-0.25, -0.2) is 0 Å². The number of ether oxygens (including phenoxy) is 1. The summed E-state index contributed by atoms with van der Waals surface area (Å²) in [6.07, 6.45) is 3.31. The Morgan fingerprint density at radius 1 is 1.19 bits per heavy atom. The predicted octanol–water partition coefficient (Wildman–Crippen LogP) is 1.82. The maximum Gasteiger partial charge on any atom is 0.227 e. The summed E-state index contributed by atoms with van der Waals surface area (Å²) in [5.41, 5.74) is -0.511. The Morgan fingerprint density at radius 2 is 1.81 bits per heavy atom. The van der Waals surface area contributed by atoms with Crippen LogP contribution in [0.4, 0.5) is 0 Å². The number of methoxy groups -OCH3 is 1. The zero-order valence-corrected chi connectivity index (χ0v) is 20.1. The van der Waals surface area contributed by atoms with E-state index in [-0.39, 0.29) is 29.9 Å². The molecular weight excluding hydrogens is 457 g/mol. The lowest BCUT2D eigenvalue weighted by atomic mass is 9.92. The Morgan fingerprint density at radius 3 is 2.37 bits per heavy atom. The number of hydrogen-bond donors (Lipinski definition) is 3. The molecular formula is C19H40IN5O2. The first-order valence-electron chi connectivity index (χ1n) is 9.97. The molecule has 160 valence electrons. The first-order valence-corrected chi connectivity index (χ1v) is 9.97. The van der Waals surface area contributed by atoms with Crippen LogP contribution in [-0.4, -0.2) is 75.8 Å². The van der Waals surface area contributed by atoms with Crippen molar-refractivity contribution in [1.82, 2.24) is 20.9 Å². The first-order chi connectivity index (χ1) is 12.4. The third kappa shape index (κ3) is 10.5. The minimum absolute atomic E-state index is 0. The van der Waals surface area contributed by atoms with E-state index in [1.165, 1.54) is 0 Å². The zero-order valence-electron chi connectivity index (χ0n) is 17.8. The largest absolute Gasteiger partial charge is 0.385 e. The van der Waals surface area contributed by atoms with Crippen molar-refractivity contribution in [2.45, 2.75) is 53.0 Å². The molecule has 0 aromatic rings. The van der Waals surface area contributed by atoms with Gasteiger partial charge in [0.2, 0.25) is 5.91 Å². The molecule has 0 spiro atoms. The summed E-state index contributed by atoms with van der Waals surface area (Å²) < 4.78 is 5.13. The van der Waals surface area contributed by atoms with Crippen molar-refractivity contribution in [3.8, 4) is 0 Å². The van der Waals surface area contributed by atoms with Gasteiger partial charge in [0.25, 0.3) is 0 Å². The van der Waals surface area contributed by atoms with Crippen LogP contribution in [0.25, 0.3) is 0 Å². The molecule has 0 radical (unpaired) electrons. The van der Waals surface area contributed by atoms with Crippen molar-refractivity contribution in [2.24, 2.45) is 10.4 Å². The van der Waals surface area contributed by atoms with Gasteiger partial charge in [-0.3, -0.25) is 9.79 Å². The highest BCUT2D eigenvalue weighted by Crippen LogP contribution is 2.16. The number of hydrogen-bond acceptors (Lipinski definition) is 4. The van der Waals surface area contributed by atoms with Crippen LogP contribution >= 0.6 is 24.0 Å². The molecule has 1 saturated heterocycles. The SMILES string of the molecule is CCNC(=O)C(C)(C)CN=C(NCC)NC1CCN(CCCOC)CC1.I. The second kappa shape index (κ2) is 14.4. The number of guanidine groups is 1. The summed E-state index contributed by atoms with van der Waals surface area (Å²) in [6.45, 7) is 13.9. The fourth-order valence-electron chi connectivity index (χ4n) is 3.00. The van der Waals surface area contributed by atoms with E-state index in [2.05, 4.69) is 32.8 Å². The molecule has 0 atom stereocenters. The summed E-state index contributed by atoms with van der Waals surface area (Å²) in [5, 5.41) is 9.73. The number of nitrogens with one attached hydrogen (secondary N) is 3. The standard InChI is InChI=1S/C19H39N5O2.HI/c1-6-20-17(25)19(3,4)15-22-18(21-7-2)23-16-9-12-24(13-10-16)11-8-14-26-5;/h16H,6-15H2,1-5H3,(H,20,25)(H2,21,22,23);1H. The molecule has 1 rings (SSSR count). The number of carbonyl (C=O) groups excluding carboxylic acids is 1. The summed E-state index contributed by atoms with van der Waals surface area (Å²) in [6, 6.07) is 0.430. The lowest BCUT2D eigenvalue weighted by molar-refractivity contribution is -0.128. The van der Waals surface area contributed by atoms with E-state index >= 15 is 0 Å². The normalized spacial score (nSPS) is 16.6. The lowest BCUT2D eigenvalue weighted by Gasteiger charge is -2.33. The van der Waals surface area contributed by atoms with E-state index in [1.807, 2.05) is 20.8 Å². The average molecular weight is 497 g/mol. The molecule has 0 aromatic heterocycles. The molecule has 0 aromatic carbocycles. The molecule has 1 heterocycles. The van der Waals surface area contributed by atoms with Gasteiger partial charge in [-0.1, -0.05) is 0 Å².